The number of hydrogen-bond donors (Lipinski definition) is 0. The van der Waals surface area contributed by atoms with Crippen LogP contribution in [0.2, 0.25) is 0 Å². The molecule has 0 radical (unpaired) electrons. The van der Waals surface area contributed by atoms with E-state index < -0.39 is 0 Å². The van der Waals surface area contributed by atoms with Gasteiger partial charge in [0.15, 0.2) is 0 Å². The van der Waals surface area contributed by atoms with E-state index in [1.807, 2.05) is 24.1 Å². The average molecular weight is 354 g/mol. The van der Waals surface area contributed by atoms with Crippen LogP contribution in [-0.2, 0) is 4.74 Å². The first-order valence-corrected chi connectivity index (χ1v) is 8.77. The van der Waals surface area contributed by atoms with Crippen LogP contribution < -0.4 is 9.64 Å². The van der Waals surface area contributed by atoms with Crippen LogP contribution in [0.1, 0.15) is 16.2 Å². The normalized spacial score (nSPS) is 22.2. The molecule has 0 bridgehead atoms. The zero-order valence-corrected chi connectivity index (χ0v) is 15.0. The third kappa shape index (κ3) is 3.10. The summed E-state index contributed by atoms with van der Waals surface area (Å²) in [5, 5.41) is 0. The van der Waals surface area contributed by atoms with E-state index in [0.29, 0.717) is 31.3 Å². The van der Waals surface area contributed by atoms with Gasteiger partial charge in [-0.15, -0.1) is 0 Å². The third-order valence-electron chi connectivity index (χ3n) is 4.95. The summed E-state index contributed by atoms with van der Waals surface area (Å²) in [6.07, 6.45) is 1.83. The van der Waals surface area contributed by atoms with Gasteiger partial charge in [-0.3, -0.25) is 9.78 Å². The summed E-state index contributed by atoms with van der Waals surface area (Å²) in [6, 6.07) is 9.47. The topological polar surface area (TPSA) is 67.8 Å². The van der Waals surface area contributed by atoms with E-state index in [1.54, 1.807) is 25.3 Å². The maximum Gasteiger partial charge on any atom is 0.272 e. The Morgan fingerprint density at radius 3 is 3.00 bits per heavy atom. The van der Waals surface area contributed by atoms with Crippen molar-refractivity contribution in [1.82, 2.24) is 14.9 Å². The maximum atomic E-state index is 12.9. The molecule has 0 saturated carbocycles. The van der Waals surface area contributed by atoms with Crippen LogP contribution in [0.3, 0.4) is 0 Å². The molecule has 2 aromatic heterocycles. The Morgan fingerprint density at radius 1 is 1.31 bits per heavy atom. The number of hydrogen-bond acceptors (Lipinski definition) is 6. The number of anilines is 1. The molecule has 26 heavy (non-hydrogen) atoms. The van der Waals surface area contributed by atoms with Gasteiger partial charge in [-0.2, -0.15) is 0 Å². The van der Waals surface area contributed by atoms with Gasteiger partial charge < -0.3 is 19.3 Å². The Labute approximate surface area is 152 Å². The summed E-state index contributed by atoms with van der Waals surface area (Å²) in [5.41, 5.74) is 2.51. The fourth-order valence-electron chi connectivity index (χ4n) is 3.69. The molecular formula is C19H22N4O3. The van der Waals surface area contributed by atoms with Gasteiger partial charge in [-0.05, 0) is 25.1 Å². The van der Waals surface area contributed by atoms with E-state index in [1.165, 1.54) is 0 Å². The molecule has 2 saturated heterocycles. The second-order valence-electron chi connectivity index (χ2n) is 6.60. The van der Waals surface area contributed by atoms with Gasteiger partial charge in [0.25, 0.3) is 5.91 Å². The lowest BCUT2D eigenvalue weighted by molar-refractivity contribution is 0.0301. The van der Waals surface area contributed by atoms with Gasteiger partial charge in [-0.1, -0.05) is 6.07 Å². The standard InChI is InChI=1S/C19H22N4O3/c1-13-10-14(6-7-20-13)23-8-9-26-17-12-22(11-16(17)23)19(24)15-4-3-5-18(21-15)25-2/h3-7,10,16-17H,8-9,11-12H2,1-2H3/t16-,17-/m0/s1. The lowest BCUT2D eigenvalue weighted by Gasteiger charge is -2.38. The number of likely N-dealkylation sites (tertiary alicyclic amines) is 1. The van der Waals surface area contributed by atoms with Crippen molar-refractivity contribution in [3.05, 3.63) is 47.9 Å². The predicted octanol–water partition coefficient (Wildman–Crippen LogP) is 1.52. The Kier molecular flexibility index (Phi) is 4.46. The zero-order valence-electron chi connectivity index (χ0n) is 15.0. The number of ether oxygens (including phenoxy) is 2. The van der Waals surface area contributed by atoms with Gasteiger partial charge >= 0.3 is 0 Å². The number of pyridine rings is 2. The van der Waals surface area contributed by atoms with Gasteiger partial charge in [-0.25, -0.2) is 4.98 Å². The molecule has 4 heterocycles. The molecule has 2 aliphatic rings. The molecule has 136 valence electrons. The van der Waals surface area contributed by atoms with Gasteiger partial charge in [0.1, 0.15) is 5.69 Å². The summed E-state index contributed by atoms with van der Waals surface area (Å²) in [7, 11) is 1.55. The summed E-state index contributed by atoms with van der Waals surface area (Å²) < 4.78 is 11.1. The quantitative estimate of drug-likeness (QED) is 0.833. The minimum absolute atomic E-state index is 0.00628. The molecule has 0 spiro atoms. The molecule has 2 aromatic rings. The first-order chi connectivity index (χ1) is 12.7. The molecular weight excluding hydrogens is 332 g/mol. The van der Waals surface area contributed by atoms with E-state index in [-0.39, 0.29) is 18.1 Å². The highest BCUT2D eigenvalue weighted by Gasteiger charge is 2.42. The van der Waals surface area contributed by atoms with Crippen molar-refractivity contribution in [3.8, 4) is 5.88 Å². The molecule has 7 heteroatoms. The van der Waals surface area contributed by atoms with E-state index in [0.717, 1.165) is 17.9 Å². The van der Waals surface area contributed by atoms with Gasteiger partial charge in [0.2, 0.25) is 5.88 Å². The van der Waals surface area contributed by atoms with Crippen molar-refractivity contribution >= 4 is 11.6 Å². The fraction of sp³-hybridized carbons (Fsp3) is 0.421. The van der Waals surface area contributed by atoms with E-state index in [4.69, 9.17) is 9.47 Å². The number of carbonyl (C=O) groups is 1. The number of aromatic nitrogens is 2. The molecule has 0 N–H and O–H groups in total. The van der Waals surface area contributed by atoms with E-state index >= 15 is 0 Å². The van der Waals surface area contributed by atoms with Crippen molar-refractivity contribution in [3.63, 3.8) is 0 Å². The smallest absolute Gasteiger partial charge is 0.272 e. The summed E-state index contributed by atoms with van der Waals surface area (Å²) in [5.74, 6) is 0.352. The van der Waals surface area contributed by atoms with Crippen LogP contribution >= 0.6 is 0 Å². The highest BCUT2D eigenvalue weighted by atomic mass is 16.5. The van der Waals surface area contributed by atoms with Crippen LogP contribution in [0.5, 0.6) is 5.88 Å². The van der Waals surface area contributed by atoms with Crippen LogP contribution in [-0.4, -0.2) is 66.3 Å². The SMILES string of the molecule is COc1cccc(C(=O)N2C[C@@H]3OCCN(c4ccnc(C)c4)[C@H]3C2)n1. The maximum absolute atomic E-state index is 12.9. The number of amides is 1. The van der Waals surface area contributed by atoms with Crippen LogP contribution in [0.15, 0.2) is 36.5 Å². The number of nitrogens with zero attached hydrogens (tertiary/aromatic N) is 4. The molecule has 0 unspecified atom stereocenters. The Balaban J connectivity index is 1.54. The molecule has 2 aliphatic heterocycles. The summed E-state index contributed by atoms with van der Waals surface area (Å²) in [4.78, 5) is 25.6. The van der Waals surface area contributed by atoms with Gasteiger partial charge in [0.05, 0.1) is 25.9 Å². The number of fused-ring (bicyclic) bond motifs is 1. The molecule has 0 aliphatic carbocycles. The molecule has 0 aromatic carbocycles. The molecule has 7 nitrogen and oxygen atoms in total. The van der Waals surface area contributed by atoms with Crippen molar-refractivity contribution in [2.75, 3.05) is 38.3 Å². The Hall–Kier alpha value is -2.67. The minimum atomic E-state index is -0.0900. The zero-order chi connectivity index (χ0) is 18.1. The van der Waals surface area contributed by atoms with Gasteiger partial charge in [0, 0.05) is 43.3 Å². The van der Waals surface area contributed by atoms with Crippen molar-refractivity contribution in [2.45, 2.75) is 19.1 Å². The van der Waals surface area contributed by atoms with E-state index in [9.17, 15) is 4.79 Å². The highest BCUT2D eigenvalue weighted by Crippen LogP contribution is 2.29. The van der Waals surface area contributed by atoms with Crippen molar-refractivity contribution < 1.29 is 14.3 Å². The molecule has 1 amide bonds. The largest absolute Gasteiger partial charge is 0.481 e. The summed E-state index contributed by atoms with van der Waals surface area (Å²) >= 11 is 0. The molecule has 2 atom stereocenters. The highest BCUT2D eigenvalue weighted by molar-refractivity contribution is 5.92. The number of carbonyl (C=O) groups excluding carboxylic acids is 1. The van der Waals surface area contributed by atoms with Crippen LogP contribution in [0.4, 0.5) is 5.69 Å². The van der Waals surface area contributed by atoms with Crippen LogP contribution in [0, 0.1) is 6.92 Å². The number of morpholine rings is 1. The fourth-order valence-corrected chi connectivity index (χ4v) is 3.69. The summed E-state index contributed by atoms with van der Waals surface area (Å²) in [6.45, 7) is 4.64. The first-order valence-electron chi connectivity index (χ1n) is 8.77. The first kappa shape index (κ1) is 16.8. The lowest BCUT2D eigenvalue weighted by atomic mass is 10.1. The monoisotopic (exact) mass is 354 g/mol. The number of methoxy groups -OCH3 is 1. The Morgan fingerprint density at radius 2 is 2.19 bits per heavy atom. The third-order valence-corrected chi connectivity index (χ3v) is 4.95. The average Bonchev–Trinajstić information content (AvgIpc) is 3.11. The second-order valence-corrected chi connectivity index (χ2v) is 6.60. The lowest BCUT2D eigenvalue weighted by Crippen LogP contribution is -2.51. The molecule has 4 rings (SSSR count). The molecule has 2 fully saturated rings. The van der Waals surface area contributed by atoms with E-state index in [2.05, 4.69) is 20.9 Å². The van der Waals surface area contributed by atoms with Crippen LogP contribution in [0.25, 0.3) is 0 Å². The number of rotatable bonds is 3. The predicted molar refractivity (Wildman–Crippen MR) is 96.5 cm³/mol. The van der Waals surface area contributed by atoms with Crippen molar-refractivity contribution in [2.24, 2.45) is 0 Å². The van der Waals surface area contributed by atoms with Crippen molar-refractivity contribution in [1.29, 1.82) is 0 Å². The Bertz CT molecular complexity index is 813. The second kappa shape index (κ2) is 6.92. The number of aryl methyl sites for hydroxylation is 1. The minimum Gasteiger partial charge on any atom is -0.481 e.